The van der Waals surface area contributed by atoms with Crippen LogP contribution >= 0.6 is 23.7 Å². The Morgan fingerprint density at radius 1 is 1.50 bits per heavy atom. The second-order valence-electron chi connectivity index (χ2n) is 5.46. The number of nitrogens with one attached hydrogen (secondary N) is 1. The van der Waals surface area contributed by atoms with Crippen LogP contribution in [0.5, 0.6) is 0 Å². The minimum Gasteiger partial charge on any atom is -0.337 e. The van der Waals surface area contributed by atoms with Gasteiger partial charge in [-0.05, 0) is 30.4 Å². The van der Waals surface area contributed by atoms with Gasteiger partial charge in [0.15, 0.2) is 0 Å². The quantitative estimate of drug-likeness (QED) is 0.895. The molecule has 1 N–H and O–H groups in total. The molecule has 20 heavy (non-hydrogen) atoms. The van der Waals surface area contributed by atoms with E-state index in [0.29, 0.717) is 12.6 Å². The van der Waals surface area contributed by atoms with Crippen LogP contribution in [-0.2, 0) is 17.8 Å². The molecule has 1 amide bonds. The zero-order valence-electron chi connectivity index (χ0n) is 11.8. The fourth-order valence-corrected chi connectivity index (χ4v) is 3.74. The predicted molar refractivity (Wildman–Crippen MR) is 84.6 cm³/mol. The number of amides is 1. The Kier molecular flexibility index (Phi) is 5.43. The number of halogens is 1. The summed E-state index contributed by atoms with van der Waals surface area (Å²) >= 11 is 1.82. The van der Waals surface area contributed by atoms with Crippen molar-refractivity contribution in [2.24, 2.45) is 0 Å². The van der Waals surface area contributed by atoms with Crippen molar-refractivity contribution in [3.8, 4) is 0 Å². The van der Waals surface area contributed by atoms with E-state index in [1.165, 1.54) is 10.4 Å². The molecule has 6 heteroatoms. The van der Waals surface area contributed by atoms with Crippen LogP contribution in [-0.4, -0.2) is 54.5 Å². The van der Waals surface area contributed by atoms with Gasteiger partial charge in [-0.2, -0.15) is 0 Å². The summed E-state index contributed by atoms with van der Waals surface area (Å²) < 4.78 is 0. The Bertz CT molecular complexity index is 465. The van der Waals surface area contributed by atoms with Crippen LogP contribution in [0.3, 0.4) is 0 Å². The topological polar surface area (TPSA) is 35.6 Å². The number of hydrogen-bond acceptors (Lipinski definition) is 4. The molecule has 2 aliphatic rings. The molecule has 0 aromatic carbocycles. The lowest BCUT2D eigenvalue weighted by Gasteiger charge is -2.35. The summed E-state index contributed by atoms with van der Waals surface area (Å²) in [5, 5.41) is 5.50. The molecule has 0 unspecified atom stereocenters. The highest BCUT2D eigenvalue weighted by atomic mass is 35.5. The van der Waals surface area contributed by atoms with Crippen molar-refractivity contribution in [3.05, 3.63) is 21.9 Å². The molecule has 3 rings (SSSR count). The van der Waals surface area contributed by atoms with Gasteiger partial charge in [0, 0.05) is 43.6 Å². The second kappa shape index (κ2) is 6.89. The molecule has 0 spiro atoms. The summed E-state index contributed by atoms with van der Waals surface area (Å²) in [6.45, 7) is 7.40. The number of thiophene rings is 1. The Labute approximate surface area is 130 Å². The molecule has 0 saturated carbocycles. The molecule has 1 aromatic rings. The second-order valence-corrected chi connectivity index (χ2v) is 6.46. The van der Waals surface area contributed by atoms with Crippen LogP contribution < -0.4 is 5.32 Å². The van der Waals surface area contributed by atoms with E-state index in [1.807, 2.05) is 16.2 Å². The van der Waals surface area contributed by atoms with Crippen molar-refractivity contribution in [2.45, 2.75) is 25.9 Å². The monoisotopic (exact) mass is 315 g/mol. The summed E-state index contributed by atoms with van der Waals surface area (Å²) in [6, 6.07) is 2.62. The number of fused-ring (bicyclic) bond motifs is 1. The Morgan fingerprint density at radius 3 is 3.15 bits per heavy atom. The van der Waals surface area contributed by atoms with Gasteiger partial charge < -0.3 is 10.2 Å². The number of carbonyl (C=O) groups excluding carboxylic acids is 1. The molecule has 0 aliphatic carbocycles. The summed E-state index contributed by atoms with van der Waals surface area (Å²) in [5.74, 6) is 0.283. The molecular weight excluding hydrogens is 294 g/mol. The highest BCUT2D eigenvalue weighted by molar-refractivity contribution is 7.10. The van der Waals surface area contributed by atoms with Crippen LogP contribution in [0.25, 0.3) is 0 Å². The molecule has 2 aliphatic heterocycles. The number of nitrogens with zero attached hydrogens (tertiary/aromatic N) is 2. The average molecular weight is 316 g/mol. The third kappa shape index (κ3) is 3.34. The van der Waals surface area contributed by atoms with Gasteiger partial charge in [0.05, 0.1) is 6.54 Å². The first kappa shape index (κ1) is 15.8. The van der Waals surface area contributed by atoms with E-state index in [0.717, 1.165) is 39.1 Å². The highest BCUT2D eigenvalue weighted by Crippen LogP contribution is 2.24. The van der Waals surface area contributed by atoms with Crippen LogP contribution in [0.15, 0.2) is 11.4 Å². The number of piperazine rings is 1. The number of carbonyl (C=O) groups is 1. The van der Waals surface area contributed by atoms with Gasteiger partial charge in [-0.1, -0.05) is 0 Å². The van der Waals surface area contributed by atoms with Crippen molar-refractivity contribution in [3.63, 3.8) is 0 Å². The summed E-state index contributed by atoms with van der Waals surface area (Å²) in [4.78, 5) is 18.2. The predicted octanol–water partition coefficient (Wildman–Crippen LogP) is 1.35. The van der Waals surface area contributed by atoms with E-state index in [1.54, 1.807) is 0 Å². The summed E-state index contributed by atoms with van der Waals surface area (Å²) in [7, 11) is 0. The maximum atomic E-state index is 12.4. The largest absolute Gasteiger partial charge is 0.337 e. The minimum absolute atomic E-state index is 0. The van der Waals surface area contributed by atoms with Gasteiger partial charge in [-0.3, -0.25) is 9.69 Å². The first-order valence-corrected chi connectivity index (χ1v) is 7.90. The average Bonchev–Trinajstić information content (AvgIpc) is 2.88. The van der Waals surface area contributed by atoms with E-state index in [4.69, 9.17) is 0 Å². The molecule has 1 aromatic heterocycles. The third-order valence-electron chi connectivity index (χ3n) is 4.14. The van der Waals surface area contributed by atoms with Gasteiger partial charge >= 0.3 is 0 Å². The van der Waals surface area contributed by atoms with Gasteiger partial charge in [0.25, 0.3) is 0 Å². The first-order valence-electron chi connectivity index (χ1n) is 7.02. The van der Waals surface area contributed by atoms with E-state index in [2.05, 4.69) is 28.6 Å². The third-order valence-corrected chi connectivity index (χ3v) is 5.16. The molecule has 1 fully saturated rings. The van der Waals surface area contributed by atoms with Crippen LogP contribution in [0.1, 0.15) is 17.4 Å². The van der Waals surface area contributed by atoms with E-state index >= 15 is 0 Å². The summed E-state index contributed by atoms with van der Waals surface area (Å²) in [6.07, 6.45) is 1.02. The van der Waals surface area contributed by atoms with Crippen LogP contribution in [0.4, 0.5) is 0 Å². The standard InChI is InChI=1S/C14H21N3OS.ClH/c1-11-8-15-4-6-16(11)10-14(18)17-5-2-13-12(9-17)3-7-19-13;/h3,7,11,15H,2,4-6,8-10H2,1H3;1H/t11-;/m0./s1. The van der Waals surface area contributed by atoms with Crippen LogP contribution in [0, 0.1) is 0 Å². The molecule has 0 bridgehead atoms. The lowest BCUT2D eigenvalue weighted by atomic mass is 10.1. The maximum Gasteiger partial charge on any atom is 0.237 e. The zero-order valence-corrected chi connectivity index (χ0v) is 13.4. The Morgan fingerprint density at radius 2 is 2.35 bits per heavy atom. The SMILES string of the molecule is C[C@H]1CNCCN1CC(=O)N1CCc2sccc2C1.Cl. The fraction of sp³-hybridized carbons (Fsp3) is 0.643. The van der Waals surface area contributed by atoms with E-state index in [9.17, 15) is 4.79 Å². The molecule has 3 heterocycles. The molecule has 1 atom stereocenters. The van der Waals surface area contributed by atoms with Gasteiger partial charge in [0.2, 0.25) is 5.91 Å². The van der Waals surface area contributed by atoms with Crippen molar-refractivity contribution in [1.29, 1.82) is 0 Å². The fourth-order valence-electron chi connectivity index (χ4n) is 2.85. The van der Waals surface area contributed by atoms with E-state index in [-0.39, 0.29) is 18.3 Å². The molecule has 1 saturated heterocycles. The Hall–Kier alpha value is -0.620. The highest BCUT2D eigenvalue weighted by Gasteiger charge is 2.25. The number of hydrogen-bond donors (Lipinski definition) is 1. The first-order chi connectivity index (χ1) is 9.24. The van der Waals surface area contributed by atoms with Gasteiger partial charge in [-0.25, -0.2) is 0 Å². The lowest BCUT2D eigenvalue weighted by Crippen LogP contribution is -2.53. The minimum atomic E-state index is 0. The van der Waals surface area contributed by atoms with Crippen molar-refractivity contribution in [1.82, 2.24) is 15.1 Å². The van der Waals surface area contributed by atoms with Crippen molar-refractivity contribution >= 4 is 29.7 Å². The normalized spacial score (nSPS) is 23.1. The summed E-state index contributed by atoms with van der Waals surface area (Å²) in [5.41, 5.74) is 1.35. The molecule has 112 valence electrons. The smallest absolute Gasteiger partial charge is 0.237 e. The zero-order chi connectivity index (χ0) is 13.2. The van der Waals surface area contributed by atoms with Gasteiger partial charge in [0.1, 0.15) is 0 Å². The molecule has 0 radical (unpaired) electrons. The lowest BCUT2D eigenvalue weighted by molar-refractivity contribution is -0.134. The number of rotatable bonds is 2. The van der Waals surface area contributed by atoms with Crippen molar-refractivity contribution < 1.29 is 4.79 Å². The van der Waals surface area contributed by atoms with Crippen molar-refractivity contribution in [2.75, 3.05) is 32.7 Å². The van der Waals surface area contributed by atoms with Crippen LogP contribution in [0.2, 0.25) is 0 Å². The van der Waals surface area contributed by atoms with E-state index < -0.39 is 0 Å². The molecule has 4 nitrogen and oxygen atoms in total. The van der Waals surface area contributed by atoms with Gasteiger partial charge in [-0.15, -0.1) is 23.7 Å². The molecular formula is C14H22ClN3OS. The maximum absolute atomic E-state index is 12.4. The Balaban J connectivity index is 0.00000147.